The average molecular weight is 243 g/mol. The summed E-state index contributed by atoms with van der Waals surface area (Å²) in [5.74, 6) is -0.0143. The van der Waals surface area contributed by atoms with Gasteiger partial charge in [-0.1, -0.05) is 5.16 Å². The molecule has 0 unspecified atom stereocenters. The molecule has 0 aliphatic heterocycles. The maximum Gasteiger partial charge on any atom is 0.232 e. The Kier molecular flexibility index (Phi) is 3.73. The molecular formula is C9H13N3O3S. The summed E-state index contributed by atoms with van der Waals surface area (Å²) in [5.41, 5.74) is 6.32. The Bertz CT molecular complexity index is 479. The highest BCUT2D eigenvalue weighted by atomic mass is 32.2. The van der Waals surface area contributed by atoms with E-state index in [9.17, 15) is 8.42 Å². The molecule has 16 heavy (non-hydrogen) atoms. The lowest BCUT2D eigenvalue weighted by atomic mass is 10.2. The van der Waals surface area contributed by atoms with Crippen molar-refractivity contribution in [2.24, 2.45) is 10.9 Å². The Morgan fingerprint density at radius 1 is 1.44 bits per heavy atom. The van der Waals surface area contributed by atoms with Gasteiger partial charge in [0.1, 0.15) is 0 Å². The lowest BCUT2D eigenvalue weighted by molar-refractivity contribution is 0.318. The van der Waals surface area contributed by atoms with Crippen molar-refractivity contribution in [1.82, 2.24) is 0 Å². The second-order valence-corrected chi connectivity index (χ2v) is 5.08. The molecule has 88 valence electrons. The molecule has 6 nitrogen and oxygen atoms in total. The minimum atomic E-state index is -3.27. The van der Waals surface area contributed by atoms with Gasteiger partial charge in [-0.25, -0.2) is 8.42 Å². The predicted octanol–water partition coefficient (Wildman–Crippen LogP) is 0.543. The molecule has 7 heteroatoms. The predicted molar refractivity (Wildman–Crippen MR) is 62.0 cm³/mol. The van der Waals surface area contributed by atoms with Crippen LogP contribution in [-0.4, -0.2) is 25.2 Å². The number of benzene rings is 1. The van der Waals surface area contributed by atoms with Gasteiger partial charge in [-0.15, -0.1) is 0 Å². The summed E-state index contributed by atoms with van der Waals surface area (Å²) >= 11 is 0. The van der Waals surface area contributed by atoms with Crippen LogP contribution in [0.4, 0.5) is 5.69 Å². The van der Waals surface area contributed by atoms with Crippen molar-refractivity contribution >= 4 is 21.5 Å². The molecule has 0 bridgehead atoms. The van der Waals surface area contributed by atoms with Gasteiger partial charge in [0.15, 0.2) is 5.84 Å². The van der Waals surface area contributed by atoms with Crippen molar-refractivity contribution in [2.45, 2.75) is 6.92 Å². The zero-order valence-electron chi connectivity index (χ0n) is 8.71. The Balaban J connectivity index is 2.88. The molecular weight excluding hydrogens is 230 g/mol. The number of hydrogen-bond donors (Lipinski definition) is 3. The van der Waals surface area contributed by atoms with Crippen molar-refractivity contribution in [3.63, 3.8) is 0 Å². The van der Waals surface area contributed by atoms with Gasteiger partial charge in [0.25, 0.3) is 0 Å². The number of hydrogen-bond acceptors (Lipinski definition) is 4. The summed E-state index contributed by atoms with van der Waals surface area (Å²) in [6.45, 7) is 1.55. The summed E-state index contributed by atoms with van der Waals surface area (Å²) in [7, 11) is -3.27. The van der Waals surface area contributed by atoms with Gasteiger partial charge in [-0.05, 0) is 31.2 Å². The van der Waals surface area contributed by atoms with Crippen molar-refractivity contribution in [2.75, 3.05) is 10.5 Å². The normalized spacial score (nSPS) is 12.4. The van der Waals surface area contributed by atoms with Crippen molar-refractivity contribution in [3.05, 3.63) is 29.8 Å². The number of nitrogens with two attached hydrogens (primary N) is 1. The molecule has 1 aromatic rings. The molecule has 0 atom stereocenters. The highest BCUT2D eigenvalue weighted by molar-refractivity contribution is 7.92. The van der Waals surface area contributed by atoms with E-state index in [1.54, 1.807) is 31.2 Å². The highest BCUT2D eigenvalue weighted by Gasteiger charge is 2.06. The monoisotopic (exact) mass is 243 g/mol. The number of amidine groups is 1. The molecule has 0 aromatic heterocycles. The number of nitrogens with one attached hydrogen (secondary N) is 1. The number of rotatable bonds is 4. The van der Waals surface area contributed by atoms with Gasteiger partial charge in [-0.3, -0.25) is 4.72 Å². The number of sulfonamides is 1. The Morgan fingerprint density at radius 3 is 2.44 bits per heavy atom. The third-order valence-electron chi connectivity index (χ3n) is 1.94. The smallest absolute Gasteiger partial charge is 0.232 e. The summed E-state index contributed by atoms with van der Waals surface area (Å²) in [6.07, 6.45) is 0. The maximum atomic E-state index is 11.2. The van der Waals surface area contributed by atoms with Crippen LogP contribution in [0.25, 0.3) is 0 Å². The first kappa shape index (κ1) is 12.3. The van der Waals surface area contributed by atoms with Gasteiger partial charge in [0, 0.05) is 11.3 Å². The fourth-order valence-electron chi connectivity index (χ4n) is 1.02. The summed E-state index contributed by atoms with van der Waals surface area (Å²) in [5, 5.41) is 11.3. The van der Waals surface area contributed by atoms with E-state index in [1.807, 2.05) is 0 Å². The quantitative estimate of drug-likeness (QED) is 0.310. The molecule has 0 saturated carbocycles. The molecule has 1 rings (SSSR count). The minimum Gasteiger partial charge on any atom is -0.409 e. The largest absolute Gasteiger partial charge is 0.409 e. The second kappa shape index (κ2) is 4.84. The zero-order valence-corrected chi connectivity index (χ0v) is 9.53. The molecule has 0 radical (unpaired) electrons. The molecule has 0 aliphatic carbocycles. The summed E-state index contributed by atoms with van der Waals surface area (Å²) in [4.78, 5) is 0. The SMILES string of the molecule is CCS(=O)(=O)Nc1ccc(/C(N)=N/O)cc1. The third-order valence-corrected chi connectivity index (χ3v) is 3.25. The molecule has 0 aliphatic rings. The van der Waals surface area contributed by atoms with E-state index in [2.05, 4.69) is 9.88 Å². The summed E-state index contributed by atoms with van der Waals surface area (Å²) in [6, 6.07) is 6.20. The zero-order chi connectivity index (χ0) is 12.2. The molecule has 0 saturated heterocycles. The van der Waals surface area contributed by atoms with Crippen molar-refractivity contribution < 1.29 is 13.6 Å². The topological polar surface area (TPSA) is 105 Å². The van der Waals surface area contributed by atoms with E-state index in [4.69, 9.17) is 10.9 Å². The third kappa shape index (κ3) is 3.13. The van der Waals surface area contributed by atoms with Gasteiger partial charge in [0.2, 0.25) is 10.0 Å². The lowest BCUT2D eigenvalue weighted by Crippen LogP contribution is -2.15. The number of oxime groups is 1. The van der Waals surface area contributed by atoms with Crippen molar-refractivity contribution in [1.29, 1.82) is 0 Å². The van der Waals surface area contributed by atoms with Crippen molar-refractivity contribution in [3.8, 4) is 0 Å². The Labute approximate surface area is 93.8 Å². The molecule has 0 amide bonds. The standard InChI is InChI=1S/C9H13N3O3S/c1-2-16(14,15)12-8-5-3-7(4-6-8)9(10)11-13/h3-6,12-13H,2H2,1H3,(H2,10,11). The van der Waals surface area contributed by atoms with Crippen LogP contribution >= 0.6 is 0 Å². The van der Waals surface area contributed by atoms with Crippen LogP contribution < -0.4 is 10.5 Å². The van der Waals surface area contributed by atoms with E-state index < -0.39 is 10.0 Å². The number of anilines is 1. The number of nitrogens with zero attached hydrogens (tertiary/aromatic N) is 1. The molecule has 0 spiro atoms. The van der Waals surface area contributed by atoms with Crippen LogP contribution in [0.15, 0.2) is 29.4 Å². The van der Waals surface area contributed by atoms with Crippen LogP contribution in [-0.2, 0) is 10.0 Å². The first-order valence-electron chi connectivity index (χ1n) is 4.57. The molecule has 4 N–H and O–H groups in total. The van der Waals surface area contributed by atoms with Crippen LogP contribution in [0.2, 0.25) is 0 Å². The van der Waals surface area contributed by atoms with Crippen LogP contribution in [0, 0.1) is 0 Å². The van der Waals surface area contributed by atoms with Gasteiger partial charge < -0.3 is 10.9 Å². The van der Waals surface area contributed by atoms with Crippen LogP contribution in [0.1, 0.15) is 12.5 Å². The minimum absolute atomic E-state index is 0.00892. The maximum absolute atomic E-state index is 11.2. The highest BCUT2D eigenvalue weighted by Crippen LogP contribution is 2.11. The van der Waals surface area contributed by atoms with E-state index >= 15 is 0 Å². The van der Waals surface area contributed by atoms with Gasteiger partial charge >= 0.3 is 0 Å². The molecule has 0 fully saturated rings. The Hall–Kier alpha value is -1.76. The first-order chi connectivity index (χ1) is 7.48. The van der Waals surface area contributed by atoms with E-state index in [0.29, 0.717) is 11.3 Å². The van der Waals surface area contributed by atoms with Crippen LogP contribution in [0.3, 0.4) is 0 Å². The Morgan fingerprint density at radius 2 is 2.00 bits per heavy atom. The van der Waals surface area contributed by atoms with E-state index in [0.717, 1.165) is 0 Å². The fraction of sp³-hybridized carbons (Fsp3) is 0.222. The fourth-order valence-corrected chi connectivity index (χ4v) is 1.66. The van der Waals surface area contributed by atoms with Crippen LogP contribution in [0.5, 0.6) is 0 Å². The molecule has 0 heterocycles. The van der Waals surface area contributed by atoms with Gasteiger partial charge in [-0.2, -0.15) is 0 Å². The molecule has 1 aromatic carbocycles. The summed E-state index contributed by atoms with van der Waals surface area (Å²) < 4.78 is 24.9. The average Bonchev–Trinajstić information content (AvgIpc) is 2.28. The van der Waals surface area contributed by atoms with E-state index in [1.165, 1.54) is 0 Å². The first-order valence-corrected chi connectivity index (χ1v) is 6.22. The second-order valence-electron chi connectivity index (χ2n) is 3.07. The lowest BCUT2D eigenvalue weighted by Gasteiger charge is -2.06. The van der Waals surface area contributed by atoms with Gasteiger partial charge in [0.05, 0.1) is 5.75 Å². The van der Waals surface area contributed by atoms with E-state index in [-0.39, 0.29) is 11.6 Å².